The van der Waals surface area contributed by atoms with E-state index in [-0.39, 0.29) is 18.9 Å². The summed E-state index contributed by atoms with van der Waals surface area (Å²) in [5, 5.41) is 5.90. The van der Waals surface area contributed by atoms with Crippen LogP contribution in [0.15, 0.2) is 29.3 Å². The molecular formula is C14H22FN3O2S. The number of aliphatic imine (C=N–C) groups is 1. The average Bonchev–Trinajstić information content (AvgIpc) is 2.39. The van der Waals surface area contributed by atoms with E-state index in [1.807, 2.05) is 0 Å². The summed E-state index contributed by atoms with van der Waals surface area (Å²) < 4.78 is 35.8. The number of nitrogens with zero attached hydrogens (tertiary/aromatic N) is 1. The fourth-order valence-electron chi connectivity index (χ4n) is 1.47. The molecule has 1 aromatic carbocycles. The summed E-state index contributed by atoms with van der Waals surface area (Å²) in [6.07, 6.45) is 1.20. The van der Waals surface area contributed by atoms with Gasteiger partial charge < -0.3 is 10.6 Å². The lowest BCUT2D eigenvalue weighted by Gasteiger charge is -2.24. The van der Waals surface area contributed by atoms with Gasteiger partial charge in [-0.05, 0) is 19.9 Å². The van der Waals surface area contributed by atoms with Crippen LogP contribution in [0.4, 0.5) is 4.39 Å². The van der Waals surface area contributed by atoms with Gasteiger partial charge in [-0.25, -0.2) is 12.8 Å². The van der Waals surface area contributed by atoms with Crippen molar-refractivity contribution in [3.8, 4) is 0 Å². The first-order valence-electron chi connectivity index (χ1n) is 6.55. The molecule has 0 saturated heterocycles. The number of benzene rings is 1. The molecule has 2 N–H and O–H groups in total. The van der Waals surface area contributed by atoms with Gasteiger partial charge in [-0.2, -0.15) is 0 Å². The predicted octanol–water partition coefficient (Wildman–Crippen LogP) is 1.31. The Hall–Kier alpha value is -1.63. The number of hydrogen-bond donors (Lipinski definition) is 2. The van der Waals surface area contributed by atoms with Crippen LogP contribution in [0.5, 0.6) is 0 Å². The normalized spacial score (nSPS) is 13.1. The van der Waals surface area contributed by atoms with Crippen molar-refractivity contribution in [2.75, 3.05) is 19.8 Å². The monoisotopic (exact) mass is 315 g/mol. The van der Waals surface area contributed by atoms with Crippen molar-refractivity contribution in [1.29, 1.82) is 0 Å². The van der Waals surface area contributed by atoms with Crippen molar-refractivity contribution in [1.82, 2.24) is 10.6 Å². The van der Waals surface area contributed by atoms with E-state index < -0.39 is 14.6 Å². The van der Waals surface area contributed by atoms with Gasteiger partial charge in [0, 0.05) is 32.0 Å². The predicted molar refractivity (Wildman–Crippen MR) is 83.5 cm³/mol. The van der Waals surface area contributed by atoms with E-state index in [1.165, 1.54) is 12.3 Å². The topological polar surface area (TPSA) is 70.6 Å². The number of sulfone groups is 1. The number of rotatable bonds is 5. The van der Waals surface area contributed by atoms with E-state index in [9.17, 15) is 12.8 Å². The van der Waals surface area contributed by atoms with Crippen molar-refractivity contribution in [3.05, 3.63) is 35.6 Å². The second kappa shape index (κ2) is 6.89. The minimum atomic E-state index is -3.19. The van der Waals surface area contributed by atoms with E-state index in [1.54, 1.807) is 39.1 Å². The van der Waals surface area contributed by atoms with Crippen molar-refractivity contribution >= 4 is 15.8 Å². The Bertz CT molecular complexity index is 612. The molecule has 0 aliphatic carbocycles. The molecule has 0 fully saturated rings. The van der Waals surface area contributed by atoms with Crippen LogP contribution in [0.25, 0.3) is 0 Å². The summed E-state index contributed by atoms with van der Waals surface area (Å²) in [5.74, 6) is 0.131. The molecule has 0 aliphatic rings. The largest absolute Gasteiger partial charge is 0.355 e. The Morgan fingerprint density at radius 1 is 1.29 bits per heavy atom. The Morgan fingerprint density at radius 3 is 2.43 bits per heavy atom. The molecule has 0 aromatic heterocycles. The fraction of sp³-hybridized carbons (Fsp3) is 0.500. The Labute approximate surface area is 125 Å². The summed E-state index contributed by atoms with van der Waals surface area (Å²) >= 11 is 0. The molecule has 0 amide bonds. The second-order valence-corrected chi connectivity index (χ2v) is 8.05. The Morgan fingerprint density at radius 2 is 1.90 bits per heavy atom. The fourth-order valence-corrected chi connectivity index (χ4v) is 1.80. The highest BCUT2D eigenvalue weighted by atomic mass is 32.2. The van der Waals surface area contributed by atoms with Gasteiger partial charge in [-0.15, -0.1) is 0 Å². The van der Waals surface area contributed by atoms with Crippen LogP contribution in [-0.4, -0.2) is 39.0 Å². The molecule has 5 nitrogen and oxygen atoms in total. The molecule has 0 heterocycles. The van der Waals surface area contributed by atoms with Gasteiger partial charge in [0.05, 0.1) is 4.75 Å². The second-order valence-electron chi connectivity index (χ2n) is 5.40. The van der Waals surface area contributed by atoms with Gasteiger partial charge in [-0.1, -0.05) is 18.2 Å². The first-order valence-corrected chi connectivity index (χ1v) is 8.44. The SMILES string of the molecule is CN=C(NCc1ccccc1F)NCC(C)(C)S(C)(=O)=O. The molecule has 0 saturated carbocycles. The summed E-state index contributed by atoms with van der Waals surface area (Å²) in [5.41, 5.74) is 0.517. The standard InChI is InChI=1S/C14H22FN3O2S/c1-14(2,21(4,19)20)10-18-13(16-3)17-9-11-7-5-6-8-12(11)15/h5-8H,9-10H2,1-4H3,(H2,16,17,18). The van der Waals surface area contributed by atoms with Crippen LogP contribution in [0.3, 0.4) is 0 Å². The zero-order valence-electron chi connectivity index (χ0n) is 12.8. The number of halogens is 1. The maximum absolute atomic E-state index is 13.5. The Balaban J connectivity index is 2.60. The van der Waals surface area contributed by atoms with Gasteiger partial charge in [0.15, 0.2) is 15.8 Å². The molecule has 0 atom stereocenters. The zero-order valence-corrected chi connectivity index (χ0v) is 13.6. The molecule has 7 heteroatoms. The lowest BCUT2D eigenvalue weighted by Crippen LogP contribution is -2.47. The van der Waals surface area contributed by atoms with Crippen molar-refractivity contribution in [2.24, 2.45) is 4.99 Å². The highest BCUT2D eigenvalue weighted by Gasteiger charge is 2.30. The van der Waals surface area contributed by atoms with E-state index in [2.05, 4.69) is 15.6 Å². The van der Waals surface area contributed by atoms with Crippen molar-refractivity contribution in [3.63, 3.8) is 0 Å². The van der Waals surface area contributed by atoms with Gasteiger partial charge in [0.2, 0.25) is 0 Å². The molecule has 0 spiro atoms. The zero-order chi connectivity index (χ0) is 16.1. The van der Waals surface area contributed by atoms with Crippen LogP contribution in [0.1, 0.15) is 19.4 Å². The third-order valence-corrected chi connectivity index (χ3v) is 5.46. The van der Waals surface area contributed by atoms with Crippen LogP contribution >= 0.6 is 0 Å². The summed E-state index contributed by atoms with van der Waals surface area (Å²) in [6.45, 7) is 3.76. The van der Waals surface area contributed by atoms with E-state index in [4.69, 9.17) is 0 Å². The first-order chi connectivity index (χ1) is 9.67. The van der Waals surface area contributed by atoms with Gasteiger partial charge in [0.25, 0.3) is 0 Å². The Kier molecular flexibility index (Phi) is 5.71. The van der Waals surface area contributed by atoms with E-state index in [0.717, 1.165) is 0 Å². The molecular weight excluding hydrogens is 293 g/mol. The van der Waals surface area contributed by atoms with E-state index >= 15 is 0 Å². The molecule has 0 bridgehead atoms. The third kappa shape index (κ3) is 5.00. The van der Waals surface area contributed by atoms with Crippen LogP contribution < -0.4 is 10.6 Å². The molecule has 118 valence electrons. The highest BCUT2D eigenvalue weighted by molar-refractivity contribution is 7.92. The van der Waals surface area contributed by atoms with Crippen LogP contribution in [0, 0.1) is 5.82 Å². The molecule has 21 heavy (non-hydrogen) atoms. The van der Waals surface area contributed by atoms with Crippen LogP contribution in [0.2, 0.25) is 0 Å². The van der Waals surface area contributed by atoms with Crippen molar-refractivity contribution < 1.29 is 12.8 Å². The minimum Gasteiger partial charge on any atom is -0.355 e. The molecule has 1 rings (SSSR count). The third-order valence-electron chi connectivity index (χ3n) is 3.31. The molecule has 0 unspecified atom stereocenters. The lowest BCUT2D eigenvalue weighted by molar-refractivity contribution is 0.544. The minimum absolute atomic E-state index is 0.211. The first kappa shape index (κ1) is 17.4. The maximum Gasteiger partial charge on any atom is 0.191 e. The van der Waals surface area contributed by atoms with Gasteiger partial charge >= 0.3 is 0 Å². The molecule has 0 aliphatic heterocycles. The van der Waals surface area contributed by atoms with Crippen molar-refractivity contribution in [2.45, 2.75) is 25.1 Å². The number of nitrogens with one attached hydrogen (secondary N) is 2. The molecule has 0 radical (unpaired) electrons. The lowest BCUT2D eigenvalue weighted by atomic mass is 10.2. The highest BCUT2D eigenvalue weighted by Crippen LogP contribution is 2.13. The summed E-state index contributed by atoms with van der Waals surface area (Å²) in [7, 11) is -1.61. The molecule has 1 aromatic rings. The maximum atomic E-state index is 13.5. The van der Waals surface area contributed by atoms with Gasteiger partial charge in [-0.3, -0.25) is 4.99 Å². The smallest absolute Gasteiger partial charge is 0.191 e. The van der Waals surface area contributed by atoms with Crippen LogP contribution in [-0.2, 0) is 16.4 Å². The number of guanidine groups is 1. The summed E-state index contributed by atoms with van der Waals surface area (Å²) in [4.78, 5) is 4.00. The van der Waals surface area contributed by atoms with E-state index in [0.29, 0.717) is 11.5 Å². The summed E-state index contributed by atoms with van der Waals surface area (Å²) in [6, 6.07) is 6.44. The quantitative estimate of drug-likeness (QED) is 0.635. The average molecular weight is 315 g/mol. The number of hydrogen-bond acceptors (Lipinski definition) is 3. The van der Waals surface area contributed by atoms with Gasteiger partial charge in [0.1, 0.15) is 5.82 Å².